The van der Waals surface area contributed by atoms with Crippen LogP contribution in [-0.4, -0.2) is 19.2 Å². The SMILES string of the molecule is COc1ccc(N2[C@@H](C)CC[C@@H]2C)cc1. The molecule has 0 amide bonds. The van der Waals surface area contributed by atoms with Gasteiger partial charge >= 0.3 is 0 Å². The molecule has 1 heterocycles. The van der Waals surface area contributed by atoms with Gasteiger partial charge in [0.15, 0.2) is 0 Å². The molecule has 0 bridgehead atoms. The third-order valence-electron chi connectivity index (χ3n) is 3.32. The van der Waals surface area contributed by atoms with Crippen LogP contribution in [0.1, 0.15) is 26.7 Å². The van der Waals surface area contributed by atoms with Crippen LogP contribution < -0.4 is 9.64 Å². The lowest BCUT2D eigenvalue weighted by Crippen LogP contribution is -2.32. The number of methoxy groups -OCH3 is 1. The van der Waals surface area contributed by atoms with E-state index in [9.17, 15) is 0 Å². The number of ether oxygens (including phenoxy) is 1. The molecule has 0 N–H and O–H groups in total. The topological polar surface area (TPSA) is 12.5 Å². The minimum atomic E-state index is 0.661. The average molecular weight is 205 g/mol. The van der Waals surface area contributed by atoms with Gasteiger partial charge in [-0.3, -0.25) is 0 Å². The van der Waals surface area contributed by atoms with E-state index in [0.717, 1.165) is 5.75 Å². The summed E-state index contributed by atoms with van der Waals surface area (Å²) < 4.78 is 5.17. The van der Waals surface area contributed by atoms with Crippen molar-refractivity contribution < 1.29 is 4.74 Å². The molecule has 2 rings (SSSR count). The van der Waals surface area contributed by atoms with Gasteiger partial charge in [-0.2, -0.15) is 0 Å². The number of nitrogens with zero attached hydrogens (tertiary/aromatic N) is 1. The molecule has 2 atom stereocenters. The molecule has 2 nitrogen and oxygen atoms in total. The van der Waals surface area contributed by atoms with E-state index >= 15 is 0 Å². The number of hydrogen-bond acceptors (Lipinski definition) is 2. The van der Waals surface area contributed by atoms with Gasteiger partial charge in [-0.15, -0.1) is 0 Å². The second-order valence-corrected chi connectivity index (χ2v) is 4.38. The Labute approximate surface area is 91.9 Å². The first kappa shape index (κ1) is 10.3. The fraction of sp³-hybridized carbons (Fsp3) is 0.538. The molecule has 82 valence electrons. The lowest BCUT2D eigenvalue weighted by atomic mass is 10.2. The van der Waals surface area contributed by atoms with Crippen LogP contribution in [0, 0.1) is 0 Å². The predicted molar refractivity (Wildman–Crippen MR) is 63.6 cm³/mol. The lowest BCUT2D eigenvalue weighted by molar-refractivity contribution is 0.415. The highest BCUT2D eigenvalue weighted by Gasteiger charge is 2.26. The molecule has 0 spiro atoms. The Bertz CT molecular complexity index is 310. The zero-order chi connectivity index (χ0) is 10.8. The Morgan fingerprint density at radius 2 is 1.60 bits per heavy atom. The summed E-state index contributed by atoms with van der Waals surface area (Å²) in [5, 5.41) is 0. The molecule has 2 heteroatoms. The van der Waals surface area contributed by atoms with E-state index in [1.165, 1.54) is 18.5 Å². The maximum Gasteiger partial charge on any atom is 0.119 e. The fourth-order valence-electron chi connectivity index (χ4n) is 2.46. The van der Waals surface area contributed by atoms with Crippen molar-refractivity contribution in [1.82, 2.24) is 0 Å². The van der Waals surface area contributed by atoms with E-state index in [1.54, 1.807) is 7.11 Å². The van der Waals surface area contributed by atoms with Crippen LogP contribution in [0.15, 0.2) is 24.3 Å². The minimum absolute atomic E-state index is 0.661. The van der Waals surface area contributed by atoms with Gasteiger partial charge in [0, 0.05) is 17.8 Å². The van der Waals surface area contributed by atoms with Gasteiger partial charge in [0.05, 0.1) is 7.11 Å². The van der Waals surface area contributed by atoms with E-state index in [2.05, 4.69) is 30.9 Å². The molecular weight excluding hydrogens is 186 g/mol. The van der Waals surface area contributed by atoms with E-state index in [0.29, 0.717) is 12.1 Å². The zero-order valence-corrected chi connectivity index (χ0v) is 9.73. The molecule has 0 radical (unpaired) electrons. The second-order valence-electron chi connectivity index (χ2n) is 4.38. The van der Waals surface area contributed by atoms with Crippen LogP contribution in [0.2, 0.25) is 0 Å². The van der Waals surface area contributed by atoms with Gasteiger partial charge in [-0.1, -0.05) is 0 Å². The molecule has 1 aromatic rings. The summed E-state index contributed by atoms with van der Waals surface area (Å²) in [6.45, 7) is 4.60. The monoisotopic (exact) mass is 205 g/mol. The quantitative estimate of drug-likeness (QED) is 0.735. The largest absolute Gasteiger partial charge is 0.497 e. The average Bonchev–Trinajstić information content (AvgIpc) is 2.59. The van der Waals surface area contributed by atoms with E-state index in [4.69, 9.17) is 4.74 Å². The van der Waals surface area contributed by atoms with Crippen molar-refractivity contribution >= 4 is 5.69 Å². The summed E-state index contributed by atoms with van der Waals surface area (Å²) >= 11 is 0. The molecule has 0 aliphatic carbocycles. The van der Waals surface area contributed by atoms with Crippen LogP contribution >= 0.6 is 0 Å². The lowest BCUT2D eigenvalue weighted by Gasteiger charge is -2.28. The van der Waals surface area contributed by atoms with Crippen molar-refractivity contribution in [3.8, 4) is 5.75 Å². The second kappa shape index (κ2) is 4.13. The molecule has 1 saturated heterocycles. The molecule has 0 unspecified atom stereocenters. The highest BCUT2D eigenvalue weighted by atomic mass is 16.5. The van der Waals surface area contributed by atoms with Gasteiger partial charge in [-0.05, 0) is 51.0 Å². The van der Waals surface area contributed by atoms with Crippen LogP contribution in [-0.2, 0) is 0 Å². The Balaban J connectivity index is 2.21. The number of anilines is 1. The molecule has 0 aromatic heterocycles. The summed E-state index contributed by atoms with van der Waals surface area (Å²) in [6.07, 6.45) is 2.60. The third kappa shape index (κ3) is 1.94. The van der Waals surface area contributed by atoms with E-state index in [1.807, 2.05) is 12.1 Å². The molecule has 1 aliphatic heterocycles. The normalized spacial score (nSPS) is 25.7. The van der Waals surface area contributed by atoms with E-state index in [-0.39, 0.29) is 0 Å². The van der Waals surface area contributed by atoms with Crippen LogP contribution in [0.3, 0.4) is 0 Å². The first-order valence-electron chi connectivity index (χ1n) is 5.64. The summed E-state index contributed by atoms with van der Waals surface area (Å²) in [5.41, 5.74) is 1.31. The number of benzene rings is 1. The fourth-order valence-corrected chi connectivity index (χ4v) is 2.46. The molecule has 1 fully saturated rings. The number of rotatable bonds is 2. The van der Waals surface area contributed by atoms with Crippen LogP contribution in [0.4, 0.5) is 5.69 Å². The van der Waals surface area contributed by atoms with Crippen molar-refractivity contribution in [1.29, 1.82) is 0 Å². The van der Waals surface area contributed by atoms with Gasteiger partial charge < -0.3 is 9.64 Å². The summed E-state index contributed by atoms with van der Waals surface area (Å²) in [6, 6.07) is 9.69. The van der Waals surface area contributed by atoms with Crippen molar-refractivity contribution in [2.24, 2.45) is 0 Å². The van der Waals surface area contributed by atoms with Crippen molar-refractivity contribution in [2.45, 2.75) is 38.8 Å². The highest BCUT2D eigenvalue weighted by Crippen LogP contribution is 2.30. The predicted octanol–water partition coefficient (Wildman–Crippen LogP) is 3.07. The van der Waals surface area contributed by atoms with Crippen molar-refractivity contribution in [3.05, 3.63) is 24.3 Å². The summed E-state index contributed by atoms with van der Waals surface area (Å²) in [4.78, 5) is 2.50. The molecule has 0 saturated carbocycles. The Morgan fingerprint density at radius 1 is 1.07 bits per heavy atom. The number of hydrogen-bond donors (Lipinski definition) is 0. The zero-order valence-electron chi connectivity index (χ0n) is 9.73. The minimum Gasteiger partial charge on any atom is -0.497 e. The van der Waals surface area contributed by atoms with Crippen molar-refractivity contribution in [2.75, 3.05) is 12.0 Å². The molecule has 1 aliphatic rings. The van der Waals surface area contributed by atoms with E-state index < -0.39 is 0 Å². The third-order valence-corrected chi connectivity index (χ3v) is 3.32. The maximum atomic E-state index is 5.17. The van der Waals surface area contributed by atoms with Crippen molar-refractivity contribution in [3.63, 3.8) is 0 Å². The Morgan fingerprint density at radius 3 is 2.07 bits per heavy atom. The van der Waals surface area contributed by atoms with Gasteiger partial charge in [-0.25, -0.2) is 0 Å². The van der Waals surface area contributed by atoms with Crippen LogP contribution in [0.5, 0.6) is 5.75 Å². The van der Waals surface area contributed by atoms with Crippen LogP contribution in [0.25, 0.3) is 0 Å². The van der Waals surface area contributed by atoms with Gasteiger partial charge in [0.25, 0.3) is 0 Å². The van der Waals surface area contributed by atoms with Gasteiger partial charge in [0.2, 0.25) is 0 Å². The summed E-state index contributed by atoms with van der Waals surface area (Å²) in [5.74, 6) is 0.929. The first-order valence-corrected chi connectivity index (χ1v) is 5.64. The maximum absolute atomic E-state index is 5.17. The smallest absolute Gasteiger partial charge is 0.119 e. The Kier molecular flexibility index (Phi) is 2.85. The standard InChI is InChI=1S/C13H19NO/c1-10-4-5-11(2)14(10)12-6-8-13(15-3)9-7-12/h6-11H,4-5H2,1-3H3/t10-,11-/m0/s1. The molecular formula is C13H19NO. The highest BCUT2D eigenvalue weighted by molar-refractivity contribution is 5.51. The van der Waals surface area contributed by atoms with Gasteiger partial charge in [0.1, 0.15) is 5.75 Å². The molecule has 1 aromatic carbocycles. The summed E-state index contributed by atoms with van der Waals surface area (Å²) in [7, 11) is 1.70. The molecule has 15 heavy (non-hydrogen) atoms. The first-order chi connectivity index (χ1) is 7.22. The Hall–Kier alpha value is -1.18.